The van der Waals surface area contributed by atoms with Crippen LogP contribution in [0.1, 0.15) is 12.8 Å². The molecule has 1 fully saturated rings. The molecule has 0 saturated carbocycles. The molecule has 1 amide bonds. The molecule has 1 heterocycles. The lowest BCUT2D eigenvalue weighted by Gasteiger charge is -2.22. The molecule has 0 bridgehead atoms. The van der Waals surface area contributed by atoms with Crippen molar-refractivity contribution >= 4 is 17.3 Å². The van der Waals surface area contributed by atoms with E-state index in [2.05, 4.69) is 10.6 Å². The first-order valence-electron chi connectivity index (χ1n) is 6.60. The summed E-state index contributed by atoms with van der Waals surface area (Å²) in [6.07, 6.45) is 2.18. The molecule has 2 rings (SSSR count). The minimum absolute atomic E-state index is 0.401. The summed E-state index contributed by atoms with van der Waals surface area (Å²) < 4.78 is 5.33. The fourth-order valence-electron chi connectivity index (χ4n) is 2.12. The predicted molar refractivity (Wildman–Crippen MR) is 74.2 cm³/mol. The van der Waals surface area contributed by atoms with Crippen LogP contribution in [0.3, 0.4) is 0 Å². The molecule has 5 heteroatoms. The molecule has 104 valence electrons. The summed E-state index contributed by atoms with van der Waals surface area (Å²) >= 11 is 0. The molecule has 0 spiro atoms. The second kappa shape index (κ2) is 7.11. The number of amides is 1. The van der Waals surface area contributed by atoms with E-state index in [1.54, 1.807) is 6.07 Å². The van der Waals surface area contributed by atoms with E-state index in [0.717, 1.165) is 38.3 Å². The van der Waals surface area contributed by atoms with Crippen molar-refractivity contribution in [3.8, 4) is 0 Å². The number of aliphatic hydroxyl groups is 1. The fraction of sp³-hybridized carbons (Fsp3) is 0.500. The molecule has 5 nitrogen and oxygen atoms in total. The first-order chi connectivity index (χ1) is 9.28. The van der Waals surface area contributed by atoms with Crippen molar-refractivity contribution < 1.29 is 14.6 Å². The standard InChI is InChI=1S/C14H20N2O3/c17-10-14(18)16-13-3-1-2-12(8-13)15-9-11-4-6-19-7-5-11/h1-3,8,11,15,17H,4-7,9-10H2,(H,16,18). The maximum absolute atomic E-state index is 11.1. The number of aliphatic hydroxyl groups excluding tert-OH is 1. The Hall–Kier alpha value is -1.59. The molecule has 0 radical (unpaired) electrons. The second-order valence-electron chi connectivity index (χ2n) is 4.72. The van der Waals surface area contributed by atoms with E-state index in [-0.39, 0.29) is 0 Å². The van der Waals surface area contributed by atoms with Crippen LogP contribution in [0.15, 0.2) is 24.3 Å². The van der Waals surface area contributed by atoms with E-state index in [4.69, 9.17) is 9.84 Å². The van der Waals surface area contributed by atoms with Gasteiger partial charge >= 0.3 is 0 Å². The number of nitrogens with one attached hydrogen (secondary N) is 2. The average molecular weight is 264 g/mol. The lowest BCUT2D eigenvalue weighted by molar-refractivity contribution is -0.118. The summed E-state index contributed by atoms with van der Waals surface area (Å²) in [5.74, 6) is 0.242. The molecule has 0 aliphatic carbocycles. The lowest BCUT2D eigenvalue weighted by Crippen LogP contribution is -2.22. The normalized spacial score (nSPS) is 16.1. The molecule has 1 aliphatic rings. The summed E-state index contributed by atoms with van der Waals surface area (Å²) in [6, 6.07) is 7.51. The zero-order valence-corrected chi connectivity index (χ0v) is 10.9. The summed E-state index contributed by atoms with van der Waals surface area (Å²) in [4.78, 5) is 11.1. The van der Waals surface area contributed by atoms with Crippen LogP contribution in [0, 0.1) is 5.92 Å². The van der Waals surface area contributed by atoms with E-state index >= 15 is 0 Å². The van der Waals surface area contributed by atoms with Crippen molar-refractivity contribution in [2.45, 2.75) is 12.8 Å². The van der Waals surface area contributed by atoms with Gasteiger partial charge in [-0.2, -0.15) is 0 Å². The van der Waals surface area contributed by atoms with E-state index in [0.29, 0.717) is 11.6 Å². The Morgan fingerprint density at radius 3 is 2.79 bits per heavy atom. The van der Waals surface area contributed by atoms with Crippen LogP contribution in [-0.4, -0.2) is 37.4 Å². The van der Waals surface area contributed by atoms with Crippen molar-refractivity contribution in [2.24, 2.45) is 5.92 Å². The maximum Gasteiger partial charge on any atom is 0.250 e. The number of carbonyl (C=O) groups is 1. The quantitative estimate of drug-likeness (QED) is 0.753. The molecule has 1 aromatic carbocycles. The summed E-state index contributed by atoms with van der Waals surface area (Å²) in [5.41, 5.74) is 1.67. The Morgan fingerprint density at radius 2 is 2.05 bits per heavy atom. The zero-order chi connectivity index (χ0) is 13.5. The highest BCUT2D eigenvalue weighted by atomic mass is 16.5. The molecule has 0 aromatic heterocycles. The van der Waals surface area contributed by atoms with E-state index < -0.39 is 12.5 Å². The van der Waals surface area contributed by atoms with Crippen LogP contribution in [0.25, 0.3) is 0 Å². The van der Waals surface area contributed by atoms with Gasteiger partial charge in [0.25, 0.3) is 0 Å². The summed E-state index contributed by atoms with van der Waals surface area (Å²) in [5, 5.41) is 14.7. The topological polar surface area (TPSA) is 70.6 Å². The number of anilines is 2. The van der Waals surface area contributed by atoms with Gasteiger partial charge in [-0.25, -0.2) is 0 Å². The third-order valence-corrected chi connectivity index (χ3v) is 3.23. The fourth-order valence-corrected chi connectivity index (χ4v) is 2.12. The highest BCUT2D eigenvalue weighted by Gasteiger charge is 2.13. The number of ether oxygens (including phenoxy) is 1. The second-order valence-corrected chi connectivity index (χ2v) is 4.72. The predicted octanol–water partition coefficient (Wildman–Crippen LogP) is 1.46. The van der Waals surface area contributed by atoms with Gasteiger partial charge in [-0.05, 0) is 37.0 Å². The van der Waals surface area contributed by atoms with E-state index in [9.17, 15) is 4.79 Å². The number of carbonyl (C=O) groups excluding carboxylic acids is 1. The van der Waals surface area contributed by atoms with Crippen molar-refractivity contribution in [2.75, 3.05) is 37.0 Å². The Bertz CT molecular complexity index is 417. The minimum Gasteiger partial charge on any atom is -0.387 e. The third-order valence-electron chi connectivity index (χ3n) is 3.23. The summed E-state index contributed by atoms with van der Waals surface area (Å²) in [6.45, 7) is 2.11. The van der Waals surface area contributed by atoms with Gasteiger partial charge < -0.3 is 20.5 Å². The molecule has 19 heavy (non-hydrogen) atoms. The molecule has 1 aliphatic heterocycles. The summed E-state index contributed by atoms with van der Waals surface area (Å²) in [7, 11) is 0. The Morgan fingerprint density at radius 1 is 1.32 bits per heavy atom. The Balaban J connectivity index is 1.85. The van der Waals surface area contributed by atoms with Crippen molar-refractivity contribution in [3.05, 3.63) is 24.3 Å². The smallest absolute Gasteiger partial charge is 0.250 e. The van der Waals surface area contributed by atoms with E-state index in [1.165, 1.54) is 0 Å². The molecule has 3 N–H and O–H groups in total. The molecule has 1 saturated heterocycles. The highest BCUT2D eigenvalue weighted by Crippen LogP contribution is 2.18. The van der Waals surface area contributed by atoms with Crippen molar-refractivity contribution in [1.82, 2.24) is 0 Å². The van der Waals surface area contributed by atoms with Gasteiger partial charge in [0.2, 0.25) is 5.91 Å². The van der Waals surface area contributed by atoms with Crippen LogP contribution >= 0.6 is 0 Å². The molecular formula is C14H20N2O3. The first kappa shape index (κ1) is 13.8. The van der Waals surface area contributed by atoms with Gasteiger partial charge in [0, 0.05) is 31.1 Å². The van der Waals surface area contributed by atoms with Crippen LogP contribution in [0.2, 0.25) is 0 Å². The van der Waals surface area contributed by atoms with Crippen molar-refractivity contribution in [1.29, 1.82) is 0 Å². The van der Waals surface area contributed by atoms with Crippen LogP contribution in [0.4, 0.5) is 11.4 Å². The molecule has 0 unspecified atom stereocenters. The number of hydrogen-bond donors (Lipinski definition) is 3. The largest absolute Gasteiger partial charge is 0.387 e. The SMILES string of the molecule is O=C(CO)Nc1cccc(NCC2CCOCC2)c1. The third kappa shape index (κ3) is 4.54. The Kier molecular flexibility index (Phi) is 5.18. The number of hydrogen-bond acceptors (Lipinski definition) is 4. The van der Waals surface area contributed by atoms with Gasteiger partial charge in [-0.1, -0.05) is 6.07 Å². The zero-order valence-electron chi connectivity index (χ0n) is 10.9. The minimum atomic E-state index is -0.500. The van der Waals surface area contributed by atoms with Crippen LogP contribution < -0.4 is 10.6 Å². The Labute approximate surface area is 113 Å². The molecular weight excluding hydrogens is 244 g/mol. The molecule has 1 aromatic rings. The van der Waals surface area contributed by atoms with Gasteiger partial charge in [0.05, 0.1) is 0 Å². The molecule has 0 atom stereocenters. The van der Waals surface area contributed by atoms with Crippen molar-refractivity contribution in [3.63, 3.8) is 0 Å². The van der Waals surface area contributed by atoms with Gasteiger partial charge in [0.1, 0.15) is 6.61 Å². The van der Waals surface area contributed by atoms with Gasteiger partial charge in [0.15, 0.2) is 0 Å². The van der Waals surface area contributed by atoms with E-state index in [1.807, 2.05) is 18.2 Å². The highest BCUT2D eigenvalue weighted by molar-refractivity contribution is 5.91. The monoisotopic (exact) mass is 264 g/mol. The van der Waals surface area contributed by atoms with Crippen LogP contribution in [-0.2, 0) is 9.53 Å². The lowest BCUT2D eigenvalue weighted by atomic mass is 10.0. The van der Waals surface area contributed by atoms with Gasteiger partial charge in [-0.3, -0.25) is 4.79 Å². The first-order valence-corrected chi connectivity index (χ1v) is 6.60. The number of rotatable bonds is 5. The maximum atomic E-state index is 11.1. The number of benzene rings is 1. The van der Waals surface area contributed by atoms with Crippen LogP contribution in [0.5, 0.6) is 0 Å². The average Bonchev–Trinajstić information content (AvgIpc) is 2.46. The van der Waals surface area contributed by atoms with Gasteiger partial charge in [-0.15, -0.1) is 0 Å².